The smallest absolute Gasteiger partial charge is 0.0862 e. The topological polar surface area (TPSA) is 32.3 Å². The van der Waals surface area contributed by atoms with E-state index in [2.05, 4.69) is 40.9 Å². The SMILES string of the molecule is CC=CC(C)(I)NCC(O)CC. The number of hydrogen-bond donors (Lipinski definition) is 2. The normalized spacial score (nSPS) is 19.4. The Labute approximate surface area is 88.6 Å². The second-order valence-corrected chi connectivity index (χ2v) is 5.26. The van der Waals surface area contributed by atoms with Gasteiger partial charge in [0, 0.05) is 6.54 Å². The molecule has 0 amide bonds. The monoisotopic (exact) mass is 283 g/mol. The van der Waals surface area contributed by atoms with E-state index in [9.17, 15) is 5.11 Å². The molecule has 72 valence electrons. The van der Waals surface area contributed by atoms with Crippen molar-refractivity contribution in [2.75, 3.05) is 6.54 Å². The molecule has 2 N–H and O–H groups in total. The highest BCUT2D eigenvalue weighted by Crippen LogP contribution is 2.15. The van der Waals surface area contributed by atoms with Crippen LogP contribution in [0.1, 0.15) is 27.2 Å². The van der Waals surface area contributed by atoms with Crippen molar-refractivity contribution in [3.05, 3.63) is 12.2 Å². The van der Waals surface area contributed by atoms with Gasteiger partial charge >= 0.3 is 0 Å². The molecule has 2 atom stereocenters. The average Bonchev–Trinajstić information content (AvgIpc) is 2.00. The van der Waals surface area contributed by atoms with E-state index in [0.717, 1.165) is 6.42 Å². The van der Waals surface area contributed by atoms with Crippen molar-refractivity contribution in [2.24, 2.45) is 0 Å². The van der Waals surface area contributed by atoms with Crippen LogP contribution in [0, 0.1) is 0 Å². The van der Waals surface area contributed by atoms with Crippen LogP contribution in [0.3, 0.4) is 0 Å². The molecule has 0 spiro atoms. The second-order valence-electron chi connectivity index (χ2n) is 3.02. The van der Waals surface area contributed by atoms with Gasteiger partial charge in [0.1, 0.15) is 0 Å². The molecule has 0 aromatic heterocycles. The van der Waals surface area contributed by atoms with Gasteiger partial charge in [0.15, 0.2) is 0 Å². The zero-order valence-electron chi connectivity index (χ0n) is 7.97. The minimum atomic E-state index is -0.232. The lowest BCUT2D eigenvalue weighted by Gasteiger charge is -2.21. The van der Waals surface area contributed by atoms with Gasteiger partial charge in [-0.2, -0.15) is 0 Å². The number of aliphatic hydroxyl groups excluding tert-OH is 1. The van der Waals surface area contributed by atoms with Crippen molar-refractivity contribution >= 4 is 22.6 Å². The molecule has 0 aromatic carbocycles. The van der Waals surface area contributed by atoms with Crippen LogP contribution >= 0.6 is 22.6 Å². The Morgan fingerprint density at radius 2 is 2.25 bits per heavy atom. The summed E-state index contributed by atoms with van der Waals surface area (Å²) in [5, 5.41) is 12.6. The fourth-order valence-corrected chi connectivity index (χ4v) is 1.41. The van der Waals surface area contributed by atoms with E-state index in [0.29, 0.717) is 6.54 Å². The van der Waals surface area contributed by atoms with E-state index in [4.69, 9.17) is 0 Å². The first-order valence-corrected chi connectivity index (χ1v) is 5.35. The highest BCUT2D eigenvalue weighted by atomic mass is 127. The maximum absolute atomic E-state index is 9.30. The number of rotatable bonds is 5. The lowest BCUT2D eigenvalue weighted by molar-refractivity contribution is 0.165. The Morgan fingerprint density at radius 3 is 2.67 bits per heavy atom. The summed E-state index contributed by atoms with van der Waals surface area (Å²) in [4.78, 5) is 0. The third-order valence-corrected chi connectivity index (χ3v) is 2.38. The van der Waals surface area contributed by atoms with Crippen molar-refractivity contribution in [3.8, 4) is 0 Å². The summed E-state index contributed by atoms with van der Waals surface area (Å²) < 4.78 is -0.0390. The van der Waals surface area contributed by atoms with Crippen molar-refractivity contribution in [1.29, 1.82) is 0 Å². The first kappa shape index (κ1) is 12.4. The number of aliphatic hydroxyl groups is 1. The van der Waals surface area contributed by atoms with Gasteiger partial charge in [-0.3, -0.25) is 5.32 Å². The number of allylic oxidation sites excluding steroid dienone is 1. The molecule has 0 saturated heterocycles. The molecule has 0 bridgehead atoms. The number of halogens is 1. The highest BCUT2D eigenvalue weighted by molar-refractivity contribution is 14.1. The molecule has 12 heavy (non-hydrogen) atoms. The lowest BCUT2D eigenvalue weighted by Crippen LogP contribution is -2.39. The quantitative estimate of drug-likeness (QED) is 0.350. The maximum atomic E-state index is 9.30. The van der Waals surface area contributed by atoms with Crippen LogP contribution in [0.5, 0.6) is 0 Å². The summed E-state index contributed by atoms with van der Waals surface area (Å²) in [6.07, 6.45) is 4.66. The molecular weight excluding hydrogens is 265 g/mol. The van der Waals surface area contributed by atoms with Gasteiger partial charge in [0.2, 0.25) is 0 Å². The summed E-state index contributed by atoms with van der Waals surface area (Å²) in [6, 6.07) is 0. The van der Waals surface area contributed by atoms with Crippen LogP contribution < -0.4 is 5.32 Å². The fourth-order valence-electron chi connectivity index (χ4n) is 0.834. The summed E-state index contributed by atoms with van der Waals surface area (Å²) >= 11 is 2.32. The van der Waals surface area contributed by atoms with Crippen molar-refractivity contribution in [2.45, 2.75) is 36.8 Å². The van der Waals surface area contributed by atoms with Crippen LogP contribution in [-0.4, -0.2) is 21.3 Å². The molecule has 0 radical (unpaired) electrons. The minimum absolute atomic E-state index is 0.0390. The van der Waals surface area contributed by atoms with E-state index in [-0.39, 0.29) is 9.65 Å². The molecule has 3 heteroatoms. The first-order valence-electron chi connectivity index (χ1n) is 4.27. The van der Waals surface area contributed by atoms with Gasteiger partial charge in [0.05, 0.1) is 9.65 Å². The molecule has 0 aliphatic rings. The minimum Gasteiger partial charge on any atom is -0.392 e. The number of nitrogens with one attached hydrogen (secondary N) is 1. The Balaban J connectivity index is 3.75. The zero-order valence-corrected chi connectivity index (χ0v) is 10.1. The van der Waals surface area contributed by atoms with E-state index in [1.165, 1.54) is 0 Å². The van der Waals surface area contributed by atoms with Crippen molar-refractivity contribution in [3.63, 3.8) is 0 Å². The largest absolute Gasteiger partial charge is 0.392 e. The second kappa shape index (κ2) is 5.94. The predicted molar refractivity (Wildman–Crippen MR) is 61.5 cm³/mol. The molecule has 0 saturated carbocycles. The molecule has 0 heterocycles. The Bertz CT molecular complexity index is 145. The summed E-state index contributed by atoms with van der Waals surface area (Å²) in [5.41, 5.74) is 0. The number of alkyl halides is 1. The lowest BCUT2D eigenvalue weighted by atomic mass is 10.2. The van der Waals surface area contributed by atoms with Gasteiger partial charge < -0.3 is 5.11 Å². The third-order valence-electron chi connectivity index (χ3n) is 1.63. The fraction of sp³-hybridized carbons (Fsp3) is 0.778. The molecule has 0 fully saturated rings. The molecule has 0 aliphatic heterocycles. The maximum Gasteiger partial charge on any atom is 0.0862 e. The van der Waals surface area contributed by atoms with Crippen LogP contribution in [-0.2, 0) is 0 Å². The van der Waals surface area contributed by atoms with Gasteiger partial charge in [-0.1, -0.05) is 41.7 Å². The summed E-state index contributed by atoms with van der Waals surface area (Å²) in [7, 11) is 0. The van der Waals surface area contributed by atoms with Crippen molar-refractivity contribution < 1.29 is 5.11 Å². The van der Waals surface area contributed by atoms with E-state index in [1.54, 1.807) is 0 Å². The van der Waals surface area contributed by atoms with Crippen LogP contribution in [0.15, 0.2) is 12.2 Å². The zero-order chi connectivity index (χ0) is 9.61. The van der Waals surface area contributed by atoms with E-state index >= 15 is 0 Å². The molecule has 0 rings (SSSR count). The Kier molecular flexibility index (Phi) is 6.13. The molecule has 0 aromatic rings. The van der Waals surface area contributed by atoms with Crippen molar-refractivity contribution in [1.82, 2.24) is 5.32 Å². The Hall–Kier alpha value is 0.390. The summed E-state index contributed by atoms with van der Waals surface area (Å²) in [6.45, 7) is 6.71. The molecule has 2 unspecified atom stereocenters. The average molecular weight is 283 g/mol. The van der Waals surface area contributed by atoms with Gasteiger partial charge in [-0.25, -0.2) is 0 Å². The third kappa shape index (κ3) is 5.97. The van der Waals surface area contributed by atoms with Gasteiger partial charge in [0.25, 0.3) is 0 Å². The van der Waals surface area contributed by atoms with Gasteiger partial charge in [-0.05, 0) is 20.3 Å². The highest BCUT2D eigenvalue weighted by Gasteiger charge is 2.15. The molecule has 2 nitrogen and oxygen atoms in total. The van der Waals surface area contributed by atoms with E-state index in [1.807, 2.05) is 19.9 Å². The Morgan fingerprint density at radius 1 is 1.67 bits per heavy atom. The van der Waals surface area contributed by atoms with Gasteiger partial charge in [-0.15, -0.1) is 0 Å². The predicted octanol–water partition coefficient (Wildman–Crippen LogP) is 2.07. The van der Waals surface area contributed by atoms with Crippen LogP contribution in [0.2, 0.25) is 0 Å². The van der Waals surface area contributed by atoms with Crippen LogP contribution in [0.4, 0.5) is 0 Å². The first-order chi connectivity index (χ1) is 5.52. The van der Waals surface area contributed by atoms with E-state index < -0.39 is 0 Å². The van der Waals surface area contributed by atoms with Crippen LogP contribution in [0.25, 0.3) is 0 Å². The molecule has 0 aliphatic carbocycles. The summed E-state index contributed by atoms with van der Waals surface area (Å²) in [5.74, 6) is 0. The number of hydrogen-bond acceptors (Lipinski definition) is 2. The standard InChI is InChI=1S/C9H18INO/c1-4-6-9(3,10)11-7-8(12)5-2/h4,6,8,11-12H,5,7H2,1-3H3. The molecular formula is C9H18INO.